The summed E-state index contributed by atoms with van der Waals surface area (Å²) in [5, 5.41) is 4.44. The van der Waals surface area contributed by atoms with Crippen LogP contribution in [-0.2, 0) is 6.54 Å². The molecule has 0 spiro atoms. The van der Waals surface area contributed by atoms with E-state index in [0.29, 0.717) is 34.0 Å². The van der Waals surface area contributed by atoms with Gasteiger partial charge in [0.2, 0.25) is 5.89 Å². The lowest BCUT2D eigenvalue weighted by Crippen LogP contribution is -2.01. The van der Waals surface area contributed by atoms with Crippen molar-refractivity contribution in [1.82, 2.24) is 4.98 Å². The van der Waals surface area contributed by atoms with Gasteiger partial charge in [0.1, 0.15) is 0 Å². The highest BCUT2D eigenvalue weighted by atomic mass is 35.5. The minimum atomic E-state index is 0.421. The highest BCUT2D eigenvalue weighted by Gasteiger charge is 2.10. The van der Waals surface area contributed by atoms with Gasteiger partial charge < -0.3 is 14.5 Å². The summed E-state index contributed by atoms with van der Waals surface area (Å²) in [6, 6.07) is 12.9. The molecule has 1 heterocycles. The molecule has 0 fully saturated rings. The maximum atomic E-state index is 6.09. The normalized spacial score (nSPS) is 10.6. The average Bonchev–Trinajstić information content (AvgIpc) is 3.02. The second-order valence-corrected chi connectivity index (χ2v) is 5.64. The fourth-order valence-corrected chi connectivity index (χ4v) is 2.54. The zero-order chi connectivity index (χ0) is 16.2. The minimum absolute atomic E-state index is 0.421. The van der Waals surface area contributed by atoms with E-state index >= 15 is 0 Å². The Morgan fingerprint density at radius 1 is 1.13 bits per heavy atom. The lowest BCUT2D eigenvalue weighted by atomic mass is 10.2. The summed E-state index contributed by atoms with van der Waals surface area (Å²) in [5.74, 6) is 1.85. The summed E-state index contributed by atoms with van der Waals surface area (Å²) in [4.78, 5) is 4.27. The Hall–Kier alpha value is -2.17. The summed E-state index contributed by atoms with van der Waals surface area (Å²) in [6.07, 6.45) is 1.69. The molecule has 4 nitrogen and oxygen atoms in total. The van der Waals surface area contributed by atoms with Gasteiger partial charge in [0.15, 0.2) is 11.5 Å². The second kappa shape index (κ2) is 6.94. The van der Waals surface area contributed by atoms with Crippen molar-refractivity contribution in [3.8, 4) is 17.1 Å². The monoisotopic (exact) mass is 348 g/mol. The molecule has 0 saturated carbocycles. The van der Waals surface area contributed by atoms with Gasteiger partial charge >= 0.3 is 0 Å². The van der Waals surface area contributed by atoms with Gasteiger partial charge in [0.05, 0.1) is 30.6 Å². The van der Waals surface area contributed by atoms with Gasteiger partial charge in [-0.3, -0.25) is 0 Å². The van der Waals surface area contributed by atoms with Crippen LogP contribution in [0.3, 0.4) is 0 Å². The van der Waals surface area contributed by atoms with E-state index in [0.717, 1.165) is 11.3 Å². The summed E-state index contributed by atoms with van der Waals surface area (Å²) in [5.41, 5.74) is 1.71. The van der Waals surface area contributed by atoms with Crippen LogP contribution in [0.25, 0.3) is 11.3 Å². The number of ether oxygens (including phenoxy) is 1. The Bertz CT molecular complexity index is 801. The van der Waals surface area contributed by atoms with Crippen molar-refractivity contribution in [2.24, 2.45) is 0 Å². The molecule has 1 N–H and O–H groups in total. The largest absolute Gasteiger partial charge is 0.493 e. The van der Waals surface area contributed by atoms with Gasteiger partial charge in [-0.2, -0.15) is 0 Å². The number of oxazole rings is 1. The van der Waals surface area contributed by atoms with Crippen LogP contribution < -0.4 is 10.1 Å². The number of para-hydroxylation sites is 1. The van der Waals surface area contributed by atoms with Gasteiger partial charge in [-0.1, -0.05) is 29.3 Å². The number of methoxy groups -OCH3 is 1. The SMILES string of the molecule is COc1c(Cl)cccc1NCc1ncc(-c2ccc(Cl)cc2)o1. The van der Waals surface area contributed by atoms with E-state index < -0.39 is 0 Å². The van der Waals surface area contributed by atoms with E-state index in [1.165, 1.54) is 0 Å². The molecule has 2 aromatic carbocycles. The smallest absolute Gasteiger partial charge is 0.214 e. The number of benzene rings is 2. The number of halogens is 2. The van der Waals surface area contributed by atoms with E-state index in [4.69, 9.17) is 32.4 Å². The number of hydrogen-bond donors (Lipinski definition) is 1. The van der Waals surface area contributed by atoms with Crippen LogP contribution in [0.5, 0.6) is 5.75 Å². The number of nitrogens with zero attached hydrogens (tertiary/aromatic N) is 1. The molecule has 0 aliphatic carbocycles. The molecule has 0 atom stereocenters. The summed E-state index contributed by atoms with van der Waals surface area (Å²) in [6.45, 7) is 0.421. The molecule has 0 unspecified atom stereocenters. The van der Waals surface area contributed by atoms with Gasteiger partial charge in [-0.05, 0) is 36.4 Å². The van der Waals surface area contributed by atoms with Gasteiger partial charge in [0.25, 0.3) is 0 Å². The van der Waals surface area contributed by atoms with Crippen LogP contribution in [0.2, 0.25) is 10.0 Å². The molecule has 0 bridgehead atoms. The predicted molar refractivity (Wildman–Crippen MR) is 92.3 cm³/mol. The highest BCUT2D eigenvalue weighted by molar-refractivity contribution is 6.32. The van der Waals surface area contributed by atoms with Crippen molar-refractivity contribution in [2.45, 2.75) is 6.54 Å². The molecule has 0 radical (unpaired) electrons. The first-order valence-electron chi connectivity index (χ1n) is 6.94. The number of rotatable bonds is 5. The molecule has 0 aliphatic rings. The quantitative estimate of drug-likeness (QED) is 0.682. The first-order valence-corrected chi connectivity index (χ1v) is 7.70. The predicted octanol–water partition coefficient (Wildman–Crippen LogP) is 5.27. The van der Waals surface area contributed by atoms with Crippen molar-refractivity contribution in [3.05, 3.63) is 64.6 Å². The van der Waals surface area contributed by atoms with Crippen LogP contribution in [-0.4, -0.2) is 12.1 Å². The van der Waals surface area contributed by atoms with Crippen LogP contribution in [0.1, 0.15) is 5.89 Å². The third kappa shape index (κ3) is 3.60. The van der Waals surface area contributed by atoms with Crippen LogP contribution in [0.15, 0.2) is 53.1 Å². The van der Waals surface area contributed by atoms with Crippen molar-refractivity contribution in [3.63, 3.8) is 0 Å². The van der Waals surface area contributed by atoms with Crippen LogP contribution in [0, 0.1) is 0 Å². The fourth-order valence-electron chi connectivity index (χ4n) is 2.17. The van der Waals surface area contributed by atoms with E-state index in [2.05, 4.69) is 10.3 Å². The zero-order valence-corrected chi connectivity index (χ0v) is 13.9. The van der Waals surface area contributed by atoms with E-state index in [-0.39, 0.29) is 0 Å². The molecular formula is C17H14Cl2N2O2. The third-order valence-corrected chi connectivity index (χ3v) is 3.83. The number of aromatic nitrogens is 1. The molecule has 3 rings (SSSR count). The lowest BCUT2D eigenvalue weighted by molar-refractivity contribution is 0.416. The first kappa shape index (κ1) is 15.7. The minimum Gasteiger partial charge on any atom is -0.493 e. The number of hydrogen-bond acceptors (Lipinski definition) is 4. The van der Waals surface area contributed by atoms with Crippen molar-refractivity contribution >= 4 is 28.9 Å². The first-order chi connectivity index (χ1) is 11.2. The van der Waals surface area contributed by atoms with Crippen molar-refractivity contribution < 1.29 is 9.15 Å². The Morgan fingerprint density at radius 3 is 2.65 bits per heavy atom. The molecule has 0 amide bonds. The van der Waals surface area contributed by atoms with Gasteiger partial charge in [-0.25, -0.2) is 4.98 Å². The average molecular weight is 349 g/mol. The Balaban J connectivity index is 1.73. The van der Waals surface area contributed by atoms with Crippen LogP contribution in [0.4, 0.5) is 5.69 Å². The maximum absolute atomic E-state index is 6.09. The molecule has 0 saturated heterocycles. The van der Waals surface area contributed by atoms with E-state index in [1.807, 2.05) is 36.4 Å². The lowest BCUT2D eigenvalue weighted by Gasteiger charge is -2.10. The van der Waals surface area contributed by atoms with E-state index in [9.17, 15) is 0 Å². The molecule has 118 valence electrons. The molecule has 1 aromatic heterocycles. The zero-order valence-electron chi connectivity index (χ0n) is 12.3. The van der Waals surface area contributed by atoms with Crippen LogP contribution >= 0.6 is 23.2 Å². The molecule has 3 aromatic rings. The molecule has 0 aliphatic heterocycles. The van der Waals surface area contributed by atoms with Gasteiger partial charge in [-0.15, -0.1) is 0 Å². The molecular weight excluding hydrogens is 335 g/mol. The summed E-state index contributed by atoms with van der Waals surface area (Å²) in [7, 11) is 1.58. The highest BCUT2D eigenvalue weighted by Crippen LogP contribution is 2.32. The Morgan fingerprint density at radius 2 is 1.91 bits per heavy atom. The van der Waals surface area contributed by atoms with Gasteiger partial charge in [0, 0.05) is 10.6 Å². The molecule has 23 heavy (non-hydrogen) atoms. The third-order valence-electron chi connectivity index (χ3n) is 3.28. The summed E-state index contributed by atoms with van der Waals surface area (Å²) >= 11 is 12.0. The molecule has 6 heteroatoms. The second-order valence-electron chi connectivity index (χ2n) is 4.80. The number of anilines is 1. The Labute approximate surface area is 144 Å². The maximum Gasteiger partial charge on any atom is 0.214 e. The van der Waals surface area contributed by atoms with E-state index in [1.54, 1.807) is 19.4 Å². The topological polar surface area (TPSA) is 47.3 Å². The van der Waals surface area contributed by atoms with Crippen molar-refractivity contribution in [1.29, 1.82) is 0 Å². The Kier molecular flexibility index (Phi) is 4.74. The standard InChI is InChI=1S/C17H14Cl2N2O2/c1-22-17-13(19)3-2-4-14(17)20-10-16-21-9-15(23-16)11-5-7-12(18)8-6-11/h2-9,20H,10H2,1H3. The number of nitrogens with one attached hydrogen (secondary N) is 1. The summed E-state index contributed by atoms with van der Waals surface area (Å²) < 4.78 is 11.0. The van der Waals surface area contributed by atoms with Crippen molar-refractivity contribution in [2.75, 3.05) is 12.4 Å². The fraction of sp³-hybridized carbons (Fsp3) is 0.118.